The van der Waals surface area contributed by atoms with Gasteiger partial charge < -0.3 is 16.0 Å². The third kappa shape index (κ3) is 5.38. The first-order valence-corrected chi connectivity index (χ1v) is 9.34. The molecule has 0 aliphatic heterocycles. The summed E-state index contributed by atoms with van der Waals surface area (Å²) in [7, 11) is 0. The molecule has 3 N–H and O–H groups in total. The maximum Gasteiger partial charge on any atom is 0.274 e. The molecule has 0 radical (unpaired) electrons. The number of benzene rings is 2. The van der Waals surface area contributed by atoms with Crippen LogP contribution in [0.2, 0.25) is 0 Å². The van der Waals surface area contributed by atoms with E-state index in [1.807, 2.05) is 43.3 Å². The van der Waals surface area contributed by atoms with Crippen LogP contribution in [0.25, 0.3) is 0 Å². The Bertz CT molecular complexity index is 1030. The van der Waals surface area contributed by atoms with Crippen molar-refractivity contribution < 1.29 is 9.59 Å². The first-order chi connectivity index (χ1) is 13.9. The summed E-state index contributed by atoms with van der Waals surface area (Å²) in [6.45, 7) is 5.24. The lowest BCUT2D eigenvalue weighted by Gasteiger charge is -2.11. The number of rotatable bonds is 6. The minimum Gasteiger partial charge on any atom is -0.340 e. The summed E-state index contributed by atoms with van der Waals surface area (Å²) in [4.78, 5) is 32.4. The topological polar surface area (TPSA) is 96.0 Å². The smallest absolute Gasteiger partial charge is 0.274 e. The molecule has 0 aliphatic carbocycles. The van der Waals surface area contributed by atoms with Gasteiger partial charge in [0.1, 0.15) is 17.3 Å². The van der Waals surface area contributed by atoms with E-state index in [1.165, 1.54) is 6.92 Å². The summed E-state index contributed by atoms with van der Waals surface area (Å²) >= 11 is 0. The summed E-state index contributed by atoms with van der Waals surface area (Å²) in [5.41, 5.74) is 3.60. The van der Waals surface area contributed by atoms with E-state index < -0.39 is 0 Å². The molecule has 7 nitrogen and oxygen atoms in total. The minimum absolute atomic E-state index is 0.127. The summed E-state index contributed by atoms with van der Waals surface area (Å²) in [5.74, 6) is 0.579. The lowest BCUT2D eigenvalue weighted by molar-refractivity contribution is -0.114. The van der Waals surface area contributed by atoms with Gasteiger partial charge in [-0.15, -0.1) is 0 Å². The second-order valence-electron chi connectivity index (χ2n) is 6.53. The second-order valence-corrected chi connectivity index (χ2v) is 6.53. The maximum atomic E-state index is 12.7. The Hall–Kier alpha value is -3.74. The fourth-order valence-electron chi connectivity index (χ4n) is 2.87. The fraction of sp³-hybridized carbons (Fsp3) is 0.182. The van der Waals surface area contributed by atoms with Crippen molar-refractivity contribution in [1.29, 1.82) is 0 Å². The van der Waals surface area contributed by atoms with Crippen molar-refractivity contribution in [2.45, 2.75) is 27.2 Å². The Kier molecular flexibility index (Phi) is 6.19. The highest BCUT2D eigenvalue weighted by Crippen LogP contribution is 2.20. The monoisotopic (exact) mass is 389 g/mol. The third-order valence-electron chi connectivity index (χ3n) is 4.19. The molecule has 0 atom stereocenters. The third-order valence-corrected chi connectivity index (χ3v) is 4.19. The number of carbonyl (C=O) groups is 2. The highest BCUT2D eigenvalue weighted by Gasteiger charge is 2.12. The van der Waals surface area contributed by atoms with E-state index in [-0.39, 0.29) is 17.5 Å². The van der Waals surface area contributed by atoms with Crippen molar-refractivity contribution in [3.05, 3.63) is 71.7 Å². The number of carbonyl (C=O) groups excluding carboxylic acids is 2. The number of hydrogen-bond acceptors (Lipinski definition) is 5. The van der Waals surface area contributed by atoms with Gasteiger partial charge in [0.25, 0.3) is 5.91 Å². The Labute approximate surface area is 169 Å². The summed E-state index contributed by atoms with van der Waals surface area (Å²) in [6.07, 6.45) is 0.820. The molecule has 0 bridgehead atoms. The number of hydrogen-bond donors (Lipinski definition) is 3. The molecule has 3 rings (SSSR count). The molecule has 7 heteroatoms. The Balaban J connectivity index is 1.77. The van der Waals surface area contributed by atoms with Gasteiger partial charge in [0.2, 0.25) is 5.91 Å². The average molecular weight is 389 g/mol. The predicted molar refractivity (Wildman–Crippen MR) is 115 cm³/mol. The molecule has 29 heavy (non-hydrogen) atoms. The van der Waals surface area contributed by atoms with Crippen molar-refractivity contribution in [3.8, 4) is 0 Å². The zero-order chi connectivity index (χ0) is 20.8. The van der Waals surface area contributed by atoms with Crippen LogP contribution in [-0.2, 0) is 11.2 Å². The number of anilines is 4. The van der Waals surface area contributed by atoms with E-state index in [9.17, 15) is 9.59 Å². The molecule has 0 aliphatic rings. The summed E-state index contributed by atoms with van der Waals surface area (Å²) in [5, 5.41) is 8.80. The van der Waals surface area contributed by atoms with Crippen molar-refractivity contribution >= 4 is 34.7 Å². The molecule has 1 aromatic heterocycles. The lowest BCUT2D eigenvalue weighted by Crippen LogP contribution is -2.16. The summed E-state index contributed by atoms with van der Waals surface area (Å²) in [6, 6.07) is 16.5. The van der Waals surface area contributed by atoms with Gasteiger partial charge in [0, 0.05) is 30.1 Å². The highest BCUT2D eigenvalue weighted by molar-refractivity contribution is 6.03. The van der Waals surface area contributed by atoms with Crippen LogP contribution in [0.4, 0.5) is 22.9 Å². The van der Waals surface area contributed by atoms with E-state index in [0.717, 1.165) is 23.4 Å². The average Bonchev–Trinajstić information content (AvgIpc) is 2.69. The van der Waals surface area contributed by atoms with Crippen LogP contribution in [-0.4, -0.2) is 21.8 Å². The van der Waals surface area contributed by atoms with Gasteiger partial charge in [0.15, 0.2) is 0 Å². The largest absolute Gasteiger partial charge is 0.340 e. The number of aryl methyl sites for hydroxylation is 2. The standard InChI is InChI=1S/C22H23N5O2/c1-4-16-7-5-6-8-19(16)27-22(29)20-13-21(24-14(2)23-20)26-18-11-9-17(10-12-18)25-15(3)28/h5-13H,4H2,1-3H3,(H,25,28)(H,27,29)(H,23,24,26). The fourth-order valence-corrected chi connectivity index (χ4v) is 2.87. The molecule has 2 amide bonds. The van der Waals surface area contributed by atoms with Crippen LogP contribution < -0.4 is 16.0 Å². The van der Waals surface area contributed by atoms with Crippen LogP contribution in [0.15, 0.2) is 54.6 Å². The molecule has 0 unspecified atom stereocenters. The molecule has 0 saturated carbocycles. The first-order valence-electron chi connectivity index (χ1n) is 9.34. The molecule has 0 spiro atoms. The number of amides is 2. The second kappa shape index (κ2) is 8.97. The van der Waals surface area contributed by atoms with Crippen LogP contribution in [0.1, 0.15) is 35.7 Å². The zero-order valence-corrected chi connectivity index (χ0v) is 16.6. The molecule has 2 aromatic carbocycles. The molecular weight excluding hydrogens is 366 g/mol. The first kappa shape index (κ1) is 20.0. The van der Waals surface area contributed by atoms with E-state index in [0.29, 0.717) is 17.3 Å². The Morgan fingerprint density at radius 1 is 0.931 bits per heavy atom. The van der Waals surface area contributed by atoms with Gasteiger partial charge in [-0.1, -0.05) is 25.1 Å². The molecule has 1 heterocycles. The van der Waals surface area contributed by atoms with Crippen LogP contribution in [0, 0.1) is 6.92 Å². The number of nitrogens with zero attached hydrogens (tertiary/aromatic N) is 2. The predicted octanol–water partition coefficient (Wildman–Crippen LogP) is 4.30. The van der Waals surface area contributed by atoms with Crippen molar-refractivity contribution in [2.24, 2.45) is 0 Å². The summed E-state index contributed by atoms with van der Waals surface area (Å²) < 4.78 is 0. The van der Waals surface area contributed by atoms with Crippen molar-refractivity contribution in [2.75, 3.05) is 16.0 Å². The van der Waals surface area contributed by atoms with Gasteiger partial charge in [0.05, 0.1) is 0 Å². The number of aromatic nitrogens is 2. The van der Waals surface area contributed by atoms with Crippen LogP contribution in [0.3, 0.4) is 0 Å². The van der Waals surface area contributed by atoms with E-state index in [1.54, 1.807) is 25.1 Å². The molecule has 3 aromatic rings. The normalized spacial score (nSPS) is 10.3. The quantitative estimate of drug-likeness (QED) is 0.584. The highest BCUT2D eigenvalue weighted by atomic mass is 16.2. The number of para-hydroxylation sites is 1. The maximum absolute atomic E-state index is 12.7. The molecule has 148 valence electrons. The van der Waals surface area contributed by atoms with Gasteiger partial charge in [-0.2, -0.15) is 0 Å². The van der Waals surface area contributed by atoms with Gasteiger partial charge in [-0.3, -0.25) is 9.59 Å². The Morgan fingerprint density at radius 3 is 2.31 bits per heavy atom. The van der Waals surface area contributed by atoms with Gasteiger partial charge in [-0.25, -0.2) is 9.97 Å². The number of nitrogens with one attached hydrogen (secondary N) is 3. The zero-order valence-electron chi connectivity index (χ0n) is 16.6. The van der Waals surface area contributed by atoms with Crippen molar-refractivity contribution in [3.63, 3.8) is 0 Å². The van der Waals surface area contributed by atoms with Crippen molar-refractivity contribution in [1.82, 2.24) is 9.97 Å². The van der Waals surface area contributed by atoms with Crippen LogP contribution in [0.5, 0.6) is 0 Å². The van der Waals surface area contributed by atoms with E-state index in [2.05, 4.69) is 25.9 Å². The molecule has 0 saturated heterocycles. The molecular formula is C22H23N5O2. The van der Waals surface area contributed by atoms with E-state index in [4.69, 9.17) is 0 Å². The van der Waals surface area contributed by atoms with Crippen LogP contribution >= 0.6 is 0 Å². The van der Waals surface area contributed by atoms with E-state index >= 15 is 0 Å². The minimum atomic E-state index is -0.291. The van der Waals surface area contributed by atoms with Gasteiger partial charge >= 0.3 is 0 Å². The van der Waals surface area contributed by atoms with Gasteiger partial charge in [-0.05, 0) is 49.2 Å². The SMILES string of the molecule is CCc1ccccc1NC(=O)c1cc(Nc2ccc(NC(C)=O)cc2)nc(C)n1. The molecule has 0 fully saturated rings. The lowest BCUT2D eigenvalue weighted by atomic mass is 10.1. The Morgan fingerprint density at radius 2 is 1.62 bits per heavy atom.